The monoisotopic (exact) mass is 522 g/mol. The summed E-state index contributed by atoms with van der Waals surface area (Å²) in [5.74, 6) is 0.314. The SMILES string of the molecule is COc1ccc(S(=O)(=O)N2C[C@H](C(=O)Nc3nnc(-c4ccccc4)s3)Oc3ccc(C)cc32)cc1. The van der Waals surface area contributed by atoms with Gasteiger partial charge in [0.1, 0.15) is 16.5 Å². The Morgan fingerprint density at radius 3 is 2.56 bits per heavy atom. The van der Waals surface area contributed by atoms with Gasteiger partial charge in [0.05, 0.1) is 24.2 Å². The molecule has 0 spiro atoms. The summed E-state index contributed by atoms with van der Waals surface area (Å²) in [6.45, 7) is 1.65. The maximum atomic E-state index is 13.6. The number of carbonyl (C=O) groups excluding carboxylic acids is 1. The van der Waals surface area contributed by atoms with Gasteiger partial charge in [-0.2, -0.15) is 0 Å². The highest BCUT2D eigenvalue weighted by Gasteiger charge is 2.38. The highest BCUT2D eigenvalue weighted by Crippen LogP contribution is 2.38. The van der Waals surface area contributed by atoms with E-state index in [1.54, 1.807) is 30.3 Å². The molecule has 0 saturated carbocycles. The number of hydrogen-bond acceptors (Lipinski definition) is 8. The lowest BCUT2D eigenvalue weighted by molar-refractivity contribution is -0.122. The average molecular weight is 523 g/mol. The van der Waals surface area contributed by atoms with Crippen LogP contribution in [0.1, 0.15) is 5.56 Å². The molecule has 0 unspecified atom stereocenters. The number of amides is 1. The molecule has 1 atom stereocenters. The number of anilines is 2. The zero-order valence-electron chi connectivity index (χ0n) is 19.4. The zero-order chi connectivity index (χ0) is 25.3. The quantitative estimate of drug-likeness (QED) is 0.406. The molecule has 3 aromatic carbocycles. The fraction of sp³-hybridized carbons (Fsp3) is 0.160. The van der Waals surface area contributed by atoms with Crippen LogP contribution >= 0.6 is 11.3 Å². The van der Waals surface area contributed by atoms with E-state index in [-0.39, 0.29) is 11.4 Å². The smallest absolute Gasteiger partial charge is 0.269 e. The Labute approximate surface area is 212 Å². The van der Waals surface area contributed by atoms with Gasteiger partial charge in [-0.25, -0.2) is 8.42 Å². The number of methoxy groups -OCH3 is 1. The molecule has 11 heteroatoms. The summed E-state index contributed by atoms with van der Waals surface area (Å²) in [6.07, 6.45) is -1.10. The highest BCUT2D eigenvalue weighted by atomic mass is 32.2. The van der Waals surface area contributed by atoms with Crippen molar-refractivity contribution in [2.75, 3.05) is 23.3 Å². The van der Waals surface area contributed by atoms with Crippen LogP contribution in [0.2, 0.25) is 0 Å². The number of rotatable bonds is 6. The normalized spacial score (nSPS) is 15.1. The third-order valence-corrected chi connectivity index (χ3v) is 8.28. The first-order valence-electron chi connectivity index (χ1n) is 11.0. The molecule has 36 heavy (non-hydrogen) atoms. The van der Waals surface area contributed by atoms with E-state index in [4.69, 9.17) is 9.47 Å². The van der Waals surface area contributed by atoms with Crippen LogP contribution in [-0.2, 0) is 14.8 Å². The molecule has 5 rings (SSSR count). The Kier molecular flexibility index (Phi) is 6.33. The number of nitrogens with one attached hydrogen (secondary N) is 1. The van der Waals surface area contributed by atoms with Crippen molar-refractivity contribution >= 4 is 38.1 Å². The molecular weight excluding hydrogens is 500 g/mol. The minimum absolute atomic E-state index is 0.0773. The van der Waals surface area contributed by atoms with Crippen molar-refractivity contribution in [1.82, 2.24) is 10.2 Å². The van der Waals surface area contributed by atoms with Gasteiger partial charge in [0.15, 0.2) is 6.10 Å². The molecule has 184 valence electrons. The number of fused-ring (bicyclic) bond motifs is 1. The summed E-state index contributed by atoms with van der Waals surface area (Å²) in [7, 11) is -2.49. The molecule has 0 bridgehead atoms. The van der Waals surface area contributed by atoms with Crippen LogP contribution in [0.3, 0.4) is 0 Å². The molecule has 1 aliphatic rings. The highest BCUT2D eigenvalue weighted by molar-refractivity contribution is 7.92. The Morgan fingerprint density at radius 1 is 1.08 bits per heavy atom. The van der Waals surface area contributed by atoms with Crippen molar-refractivity contribution in [2.45, 2.75) is 17.9 Å². The molecule has 0 radical (unpaired) electrons. The summed E-state index contributed by atoms with van der Waals surface area (Å²) in [5, 5.41) is 11.8. The molecule has 1 aliphatic heterocycles. The van der Waals surface area contributed by atoms with Crippen molar-refractivity contribution in [3.63, 3.8) is 0 Å². The first kappa shape index (κ1) is 23.8. The Balaban J connectivity index is 1.42. The fourth-order valence-corrected chi connectivity index (χ4v) is 5.98. The van der Waals surface area contributed by atoms with Crippen LogP contribution in [0.25, 0.3) is 10.6 Å². The second-order valence-electron chi connectivity index (χ2n) is 8.06. The third kappa shape index (κ3) is 4.62. The van der Waals surface area contributed by atoms with E-state index in [0.29, 0.717) is 27.3 Å². The lowest BCUT2D eigenvalue weighted by atomic mass is 10.1. The van der Waals surface area contributed by atoms with Crippen LogP contribution in [-0.4, -0.2) is 44.3 Å². The Bertz CT molecular complexity index is 1510. The van der Waals surface area contributed by atoms with Gasteiger partial charge in [-0.1, -0.05) is 47.7 Å². The molecule has 1 aromatic heterocycles. The lowest BCUT2D eigenvalue weighted by Gasteiger charge is -2.34. The van der Waals surface area contributed by atoms with E-state index in [1.165, 1.54) is 34.9 Å². The first-order chi connectivity index (χ1) is 17.3. The van der Waals surface area contributed by atoms with Crippen molar-refractivity contribution in [1.29, 1.82) is 0 Å². The number of aromatic nitrogens is 2. The van der Waals surface area contributed by atoms with E-state index >= 15 is 0 Å². The topological polar surface area (TPSA) is 111 Å². The van der Waals surface area contributed by atoms with Gasteiger partial charge in [-0.15, -0.1) is 10.2 Å². The first-order valence-corrected chi connectivity index (χ1v) is 13.2. The van der Waals surface area contributed by atoms with Crippen molar-refractivity contribution in [3.8, 4) is 22.1 Å². The number of nitrogens with zero attached hydrogens (tertiary/aromatic N) is 3. The molecule has 1 amide bonds. The van der Waals surface area contributed by atoms with Gasteiger partial charge in [0.25, 0.3) is 15.9 Å². The van der Waals surface area contributed by atoms with Crippen LogP contribution in [0.4, 0.5) is 10.8 Å². The van der Waals surface area contributed by atoms with E-state index in [0.717, 1.165) is 11.1 Å². The maximum absolute atomic E-state index is 13.6. The van der Waals surface area contributed by atoms with Crippen LogP contribution in [0.15, 0.2) is 77.7 Å². The van der Waals surface area contributed by atoms with Crippen LogP contribution in [0, 0.1) is 6.92 Å². The van der Waals surface area contributed by atoms with Crippen LogP contribution < -0.4 is 19.1 Å². The summed E-state index contributed by atoms with van der Waals surface area (Å²) in [4.78, 5) is 13.2. The number of benzene rings is 3. The van der Waals surface area contributed by atoms with E-state index in [2.05, 4.69) is 15.5 Å². The minimum Gasteiger partial charge on any atom is -0.497 e. The van der Waals surface area contributed by atoms with Crippen LogP contribution in [0.5, 0.6) is 11.5 Å². The number of hydrogen-bond donors (Lipinski definition) is 1. The molecule has 1 N–H and O–H groups in total. The Hall–Kier alpha value is -3.96. The molecule has 0 aliphatic carbocycles. The van der Waals surface area contributed by atoms with Crippen molar-refractivity contribution in [3.05, 3.63) is 78.4 Å². The molecule has 4 aromatic rings. The van der Waals surface area contributed by atoms with Gasteiger partial charge in [0.2, 0.25) is 5.13 Å². The second kappa shape index (κ2) is 9.59. The summed E-state index contributed by atoms with van der Waals surface area (Å²) in [6, 6.07) is 20.8. The standard InChI is InChI=1S/C25H22N4O5S2/c1-16-8-13-21-20(14-16)29(36(31,32)19-11-9-18(33-2)10-12-19)15-22(34-21)23(30)26-25-28-27-24(35-25)17-6-4-3-5-7-17/h3-14,22H,15H2,1-2H3,(H,26,28,30)/t22-/m1/s1. The van der Waals surface area contributed by atoms with Gasteiger partial charge < -0.3 is 9.47 Å². The third-order valence-electron chi connectivity index (χ3n) is 5.60. The zero-order valence-corrected chi connectivity index (χ0v) is 21.0. The largest absolute Gasteiger partial charge is 0.497 e. The molecule has 0 fully saturated rings. The lowest BCUT2D eigenvalue weighted by Crippen LogP contribution is -2.48. The Morgan fingerprint density at radius 2 is 1.83 bits per heavy atom. The number of aryl methyl sites for hydroxylation is 1. The molecule has 2 heterocycles. The maximum Gasteiger partial charge on any atom is 0.269 e. The molecule has 0 saturated heterocycles. The van der Waals surface area contributed by atoms with E-state index < -0.39 is 22.0 Å². The van der Waals surface area contributed by atoms with Gasteiger partial charge >= 0.3 is 0 Å². The molecule has 9 nitrogen and oxygen atoms in total. The van der Waals surface area contributed by atoms with E-state index in [1.807, 2.05) is 37.3 Å². The number of sulfonamides is 1. The van der Waals surface area contributed by atoms with Crippen molar-refractivity contribution in [2.24, 2.45) is 0 Å². The van der Waals surface area contributed by atoms with E-state index in [9.17, 15) is 13.2 Å². The average Bonchev–Trinajstić information content (AvgIpc) is 3.37. The van der Waals surface area contributed by atoms with Gasteiger partial charge in [-0.3, -0.25) is 14.4 Å². The summed E-state index contributed by atoms with van der Waals surface area (Å²) in [5.41, 5.74) is 2.11. The van der Waals surface area contributed by atoms with Gasteiger partial charge in [-0.05, 0) is 48.9 Å². The predicted octanol–water partition coefficient (Wildman–Crippen LogP) is 4.12. The van der Waals surface area contributed by atoms with Crippen molar-refractivity contribution < 1.29 is 22.7 Å². The summed E-state index contributed by atoms with van der Waals surface area (Å²) < 4.78 is 39.5. The second-order valence-corrected chi connectivity index (χ2v) is 10.9. The summed E-state index contributed by atoms with van der Waals surface area (Å²) >= 11 is 1.22. The number of ether oxygens (including phenoxy) is 2. The van der Waals surface area contributed by atoms with Gasteiger partial charge in [0, 0.05) is 5.56 Å². The fourth-order valence-electron chi connectivity index (χ4n) is 3.76. The number of carbonyl (C=O) groups is 1. The molecular formula is C25H22N4O5S2. The minimum atomic E-state index is -4.00. The predicted molar refractivity (Wildman–Crippen MR) is 137 cm³/mol.